The molecule has 4 heterocycles. The summed E-state index contributed by atoms with van der Waals surface area (Å²) in [5.74, 6) is -0.228. The summed E-state index contributed by atoms with van der Waals surface area (Å²) in [6, 6.07) is 5.83. The topological polar surface area (TPSA) is 113 Å². The van der Waals surface area contributed by atoms with Crippen molar-refractivity contribution in [3.8, 4) is 5.75 Å². The smallest absolute Gasteiger partial charge is 0.254 e. The third-order valence-electron chi connectivity index (χ3n) is 9.98. The first-order chi connectivity index (χ1) is 20.5. The van der Waals surface area contributed by atoms with Crippen LogP contribution in [-0.4, -0.2) is 59.4 Å². The van der Waals surface area contributed by atoms with Crippen molar-refractivity contribution in [1.29, 1.82) is 0 Å². The van der Waals surface area contributed by atoms with Gasteiger partial charge in [-0.1, -0.05) is 11.6 Å². The second kappa shape index (κ2) is 11.8. The largest absolute Gasteiger partial charge is 0.462 e. The van der Waals surface area contributed by atoms with E-state index in [0.717, 1.165) is 62.3 Å². The molecule has 0 radical (unpaired) electrons. The zero-order chi connectivity index (χ0) is 30.5. The fourth-order valence-corrected chi connectivity index (χ4v) is 8.62. The quantitative estimate of drug-likeness (QED) is 0.388. The lowest BCUT2D eigenvalue weighted by molar-refractivity contribution is -0.250. The number of aryl methyl sites for hydroxylation is 1. The van der Waals surface area contributed by atoms with Gasteiger partial charge in [0.15, 0.2) is 0 Å². The van der Waals surface area contributed by atoms with Gasteiger partial charge < -0.3 is 25.1 Å². The number of aromatic amines is 1. The SMILES string of the molecule is CSc1cc(C)[nH]c(=O)c1CNC(=O)c1cc(Cl)cc2c1C(C)OC(C)(C1CCC(N3CCC4(CNC(=O)C4)C3)CC1)O2. The van der Waals surface area contributed by atoms with E-state index in [9.17, 15) is 14.4 Å². The summed E-state index contributed by atoms with van der Waals surface area (Å²) >= 11 is 7.99. The Labute approximate surface area is 261 Å². The Balaban J connectivity index is 1.13. The molecule has 3 N–H and O–H groups in total. The molecule has 0 bridgehead atoms. The number of thioether (sulfide) groups is 1. The predicted octanol–water partition coefficient (Wildman–Crippen LogP) is 4.95. The van der Waals surface area contributed by atoms with Gasteiger partial charge in [-0.05, 0) is 77.0 Å². The summed E-state index contributed by atoms with van der Waals surface area (Å²) < 4.78 is 13.2. The molecule has 1 aliphatic carbocycles. The molecule has 2 aromatic rings. The molecular weight excluding hydrogens is 588 g/mol. The normalized spacial score (nSPS) is 30.6. The van der Waals surface area contributed by atoms with E-state index < -0.39 is 5.79 Å². The minimum atomic E-state index is -0.841. The van der Waals surface area contributed by atoms with Crippen molar-refractivity contribution in [2.24, 2.45) is 11.3 Å². The number of hydrogen-bond acceptors (Lipinski definition) is 7. The number of carbonyl (C=O) groups is 2. The van der Waals surface area contributed by atoms with Crippen molar-refractivity contribution in [3.63, 3.8) is 0 Å². The third kappa shape index (κ3) is 5.95. The lowest BCUT2D eigenvalue weighted by atomic mass is 9.80. The summed E-state index contributed by atoms with van der Waals surface area (Å²) in [6.45, 7) is 8.74. The van der Waals surface area contributed by atoms with E-state index >= 15 is 0 Å². The fourth-order valence-electron chi connectivity index (χ4n) is 7.70. The molecule has 6 rings (SSSR count). The Morgan fingerprint density at radius 1 is 1.21 bits per heavy atom. The Hall–Kier alpha value is -2.53. The zero-order valence-corrected chi connectivity index (χ0v) is 26.9. The van der Waals surface area contributed by atoms with E-state index in [2.05, 4.69) is 20.5 Å². The van der Waals surface area contributed by atoms with E-state index in [0.29, 0.717) is 39.9 Å². The summed E-state index contributed by atoms with van der Waals surface area (Å²) in [6.07, 6.45) is 7.32. The maximum absolute atomic E-state index is 13.5. The third-order valence-corrected chi connectivity index (χ3v) is 11.0. The number of aromatic nitrogens is 1. The van der Waals surface area contributed by atoms with Crippen molar-refractivity contribution in [2.45, 2.75) is 88.7 Å². The number of rotatable bonds is 6. The standard InChI is InChI=1S/C32H41ClN4O5S/c1-18-11-26(43-4)24(30(40)36-18)15-34-29(39)23-12-21(33)13-25-28(23)19(2)41-31(3,42-25)20-5-7-22(8-6-20)37-10-9-32(17-37)14-27(38)35-16-32/h11-13,19-20,22H,5-10,14-17H2,1-4H3,(H,34,39)(H,35,38)(H,36,40). The van der Waals surface area contributed by atoms with Gasteiger partial charge in [-0.2, -0.15) is 0 Å². The van der Waals surface area contributed by atoms with E-state index in [-0.39, 0.29) is 41.4 Å². The van der Waals surface area contributed by atoms with Crippen LogP contribution < -0.4 is 20.9 Å². The van der Waals surface area contributed by atoms with Crippen LogP contribution in [0.25, 0.3) is 0 Å². The molecule has 1 spiro atoms. The van der Waals surface area contributed by atoms with Crippen LogP contribution in [0, 0.1) is 18.3 Å². The predicted molar refractivity (Wildman–Crippen MR) is 167 cm³/mol. The van der Waals surface area contributed by atoms with Crippen LogP contribution in [0.15, 0.2) is 27.9 Å². The molecule has 3 atom stereocenters. The highest BCUT2D eigenvalue weighted by Crippen LogP contribution is 2.48. The average Bonchev–Trinajstić information content (AvgIpc) is 3.55. The van der Waals surface area contributed by atoms with Crippen LogP contribution in [0.3, 0.4) is 0 Å². The van der Waals surface area contributed by atoms with E-state index in [4.69, 9.17) is 21.1 Å². The van der Waals surface area contributed by atoms with Gasteiger partial charge in [-0.3, -0.25) is 19.3 Å². The van der Waals surface area contributed by atoms with Gasteiger partial charge in [-0.15, -0.1) is 11.8 Å². The molecule has 3 fully saturated rings. The highest BCUT2D eigenvalue weighted by atomic mass is 35.5. The number of halogens is 1. The highest BCUT2D eigenvalue weighted by Gasteiger charge is 2.49. The molecule has 43 heavy (non-hydrogen) atoms. The maximum Gasteiger partial charge on any atom is 0.254 e. The maximum atomic E-state index is 13.5. The second-order valence-electron chi connectivity index (χ2n) is 12.9. The van der Waals surface area contributed by atoms with E-state index in [1.165, 1.54) is 11.8 Å². The van der Waals surface area contributed by atoms with Crippen molar-refractivity contribution in [1.82, 2.24) is 20.5 Å². The number of benzene rings is 1. The first-order valence-corrected chi connectivity index (χ1v) is 16.9. The van der Waals surface area contributed by atoms with Crippen LogP contribution in [0.1, 0.15) is 85.7 Å². The summed E-state index contributed by atoms with van der Waals surface area (Å²) in [4.78, 5) is 44.2. The number of likely N-dealkylation sites (tertiary alicyclic amines) is 1. The van der Waals surface area contributed by atoms with Gasteiger partial charge in [0.05, 0.1) is 11.7 Å². The number of hydrogen-bond donors (Lipinski definition) is 3. The molecular formula is C32H41ClN4O5S. The average molecular weight is 629 g/mol. The van der Waals surface area contributed by atoms with Crippen molar-refractivity contribution >= 4 is 35.2 Å². The van der Waals surface area contributed by atoms with Gasteiger partial charge in [0.25, 0.3) is 11.5 Å². The number of nitrogens with zero attached hydrogens (tertiary/aromatic N) is 1. The van der Waals surface area contributed by atoms with Crippen molar-refractivity contribution in [2.75, 3.05) is 25.9 Å². The van der Waals surface area contributed by atoms with Gasteiger partial charge in [0.2, 0.25) is 11.7 Å². The number of fused-ring (bicyclic) bond motifs is 1. The molecule has 11 heteroatoms. The molecule has 232 valence electrons. The van der Waals surface area contributed by atoms with Crippen LogP contribution >= 0.6 is 23.4 Å². The molecule has 9 nitrogen and oxygen atoms in total. The monoisotopic (exact) mass is 628 g/mol. The fraction of sp³-hybridized carbons (Fsp3) is 0.594. The van der Waals surface area contributed by atoms with Crippen molar-refractivity contribution < 1.29 is 19.1 Å². The molecule has 2 amide bonds. The van der Waals surface area contributed by atoms with E-state index in [1.54, 1.807) is 12.1 Å². The number of H-pyrrole nitrogens is 1. The van der Waals surface area contributed by atoms with Crippen LogP contribution in [-0.2, 0) is 16.1 Å². The summed E-state index contributed by atoms with van der Waals surface area (Å²) in [7, 11) is 0. The Morgan fingerprint density at radius 2 is 1.98 bits per heavy atom. The Kier molecular flexibility index (Phi) is 8.34. The lowest BCUT2D eigenvalue weighted by Gasteiger charge is -2.47. The highest BCUT2D eigenvalue weighted by molar-refractivity contribution is 7.98. The molecule has 1 aromatic carbocycles. The van der Waals surface area contributed by atoms with Gasteiger partial charge in [-0.25, -0.2) is 0 Å². The van der Waals surface area contributed by atoms with Gasteiger partial charge >= 0.3 is 0 Å². The number of carbonyl (C=O) groups excluding carboxylic acids is 2. The Morgan fingerprint density at radius 3 is 2.67 bits per heavy atom. The van der Waals surface area contributed by atoms with Crippen LogP contribution in [0.2, 0.25) is 5.02 Å². The molecule has 2 saturated heterocycles. The first-order valence-electron chi connectivity index (χ1n) is 15.3. The van der Waals surface area contributed by atoms with Crippen molar-refractivity contribution in [3.05, 3.63) is 56.0 Å². The lowest BCUT2D eigenvalue weighted by Crippen LogP contribution is -2.50. The molecule has 1 saturated carbocycles. The van der Waals surface area contributed by atoms with Gasteiger partial charge in [0.1, 0.15) is 5.75 Å². The van der Waals surface area contributed by atoms with Gasteiger partial charge in [0, 0.05) is 77.1 Å². The molecule has 3 unspecified atom stereocenters. The van der Waals surface area contributed by atoms with E-state index in [1.807, 2.05) is 33.1 Å². The Bertz CT molecular complexity index is 1490. The summed E-state index contributed by atoms with van der Waals surface area (Å²) in [5, 5.41) is 6.36. The number of amides is 2. The molecule has 3 aliphatic heterocycles. The van der Waals surface area contributed by atoms with Crippen LogP contribution in [0.5, 0.6) is 5.75 Å². The zero-order valence-electron chi connectivity index (χ0n) is 25.3. The number of ether oxygens (including phenoxy) is 2. The second-order valence-corrected chi connectivity index (χ2v) is 14.2. The molecule has 1 aromatic heterocycles. The number of nitrogens with one attached hydrogen (secondary N) is 3. The minimum Gasteiger partial charge on any atom is -0.462 e. The van der Waals surface area contributed by atoms with Crippen LogP contribution in [0.4, 0.5) is 0 Å². The first kappa shape index (κ1) is 30.5. The molecule has 4 aliphatic rings. The summed E-state index contributed by atoms with van der Waals surface area (Å²) in [5.41, 5.74) is 2.25. The number of pyridine rings is 1. The minimum absolute atomic E-state index is 0.0912.